The summed E-state index contributed by atoms with van der Waals surface area (Å²) in [5.41, 5.74) is -0.543. The second-order valence-corrected chi connectivity index (χ2v) is 8.52. The van der Waals surface area contributed by atoms with E-state index < -0.39 is 11.7 Å². The van der Waals surface area contributed by atoms with E-state index in [9.17, 15) is 9.59 Å². The predicted molar refractivity (Wildman–Crippen MR) is 98.5 cm³/mol. The summed E-state index contributed by atoms with van der Waals surface area (Å²) in [6.45, 7) is 10.1. The van der Waals surface area contributed by atoms with Crippen molar-refractivity contribution in [1.82, 2.24) is 14.7 Å². The lowest BCUT2D eigenvalue weighted by Gasteiger charge is -2.37. The third-order valence-electron chi connectivity index (χ3n) is 5.04. The van der Waals surface area contributed by atoms with Crippen LogP contribution in [0, 0.1) is 5.92 Å². The SMILES string of the molecule is CN(CC(=O)N1CCN(CC2CCCCC2)CC1)C(=O)OC(C)(C)C. The largest absolute Gasteiger partial charge is 0.444 e. The van der Waals surface area contributed by atoms with Gasteiger partial charge in [-0.2, -0.15) is 0 Å². The molecule has 1 saturated carbocycles. The van der Waals surface area contributed by atoms with Crippen LogP contribution in [0.1, 0.15) is 52.9 Å². The van der Waals surface area contributed by atoms with E-state index in [4.69, 9.17) is 4.74 Å². The Hall–Kier alpha value is -1.30. The average molecular weight is 354 g/mol. The van der Waals surface area contributed by atoms with Gasteiger partial charge in [0, 0.05) is 39.8 Å². The molecule has 1 aliphatic heterocycles. The summed E-state index contributed by atoms with van der Waals surface area (Å²) < 4.78 is 5.30. The number of carbonyl (C=O) groups excluding carboxylic acids is 2. The van der Waals surface area contributed by atoms with E-state index in [-0.39, 0.29) is 12.5 Å². The Labute approximate surface area is 152 Å². The maximum absolute atomic E-state index is 12.4. The topological polar surface area (TPSA) is 53.1 Å². The van der Waals surface area contributed by atoms with Gasteiger partial charge in [-0.3, -0.25) is 9.69 Å². The molecular weight excluding hydrogens is 318 g/mol. The number of piperazine rings is 1. The third-order valence-corrected chi connectivity index (χ3v) is 5.04. The maximum Gasteiger partial charge on any atom is 0.410 e. The molecule has 1 heterocycles. The first kappa shape index (κ1) is 20.0. The molecule has 0 radical (unpaired) electrons. The van der Waals surface area contributed by atoms with Crippen LogP contribution in [0.25, 0.3) is 0 Å². The van der Waals surface area contributed by atoms with Crippen LogP contribution in [-0.2, 0) is 9.53 Å². The number of likely N-dealkylation sites (N-methyl/N-ethyl adjacent to an activating group) is 1. The number of hydrogen-bond acceptors (Lipinski definition) is 4. The minimum Gasteiger partial charge on any atom is -0.444 e. The predicted octanol–water partition coefficient (Wildman–Crippen LogP) is 2.58. The Bertz CT molecular complexity index is 447. The Morgan fingerprint density at radius 1 is 1.04 bits per heavy atom. The molecule has 2 amide bonds. The summed E-state index contributed by atoms with van der Waals surface area (Å²) in [6, 6.07) is 0. The summed E-state index contributed by atoms with van der Waals surface area (Å²) >= 11 is 0. The summed E-state index contributed by atoms with van der Waals surface area (Å²) in [7, 11) is 1.62. The number of nitrogens with zero attached hydrogens (tertiary/aromatic N) is 3. The van der Waals surface area contributed by atoms with Gasteiger partial charge in [0.25, 0.3) is 0 Å². The smallest absolute Gasteiger partial charge is 0.410 e. The van der Waals surface area contributed by atoms with Crippen molar-refractivity contribution in [2.45, 2.75) is 58.5 Å². The maximum atomic E-state index is 12.4. The monoisotopic (exact) mass is 353 g/mol. The van der Waals surface area contributed by atoms with Gasteiger partial charge in [-0.05, 0) is 39.5 Å². The summed E-state index contributed by atoms with van der Waals surface area (Å²) in [5.74, 6) is 0.847. The molecule has 0 bridgehead atoms. The highest BCUT2D eigenvalue weighted by Gasteiger charge is 2.26. The fourth-order valence-electron chi connectivity index (χ4n) is 3.62. The molecule has 1 aliphatic carbocycles. The quantitative estimate of drug-likeness (QED) is 0.779. The van der Waals surface area contributed by atoms with E-state index in [0.717, 1.165) is 32.1 Å². The van der Waals surface area contributed by atoms with Crippen LogP contribution in [0.15, 0.2) is 0 Å². The minimum atomic E-state index is -0.543. The number of amides is 2. The summed E-state index contributed by atoms with van der Waals surface area (Å²) in [6.07, 6.45) is 6.42. The molecule has 6 nitrogen and oxygen atoms in total. The first-order valence-electron chi connectivity index (χ1n) is 9.69. The highest BCUT2D eigenvalue weighted by Crippen LogP contribution is 2.24. The number of carbonyl (C=O) groups is 2. The van der Waals surface area contributed by atoms with Gasteiger partial charge in [0.2, 0.25) is 5.91 Å². The van der Waals surface area contributed by atoms with Gasteiger partial charge in [-0.1, -0.05) is 19.3 Å². The van der Waals surface area contributed by atoms with Crippen LogP contribution in [-0.4, -0.2) is 78.6 Å². The lowest BCUT2D eigenvalue weighted by Crippen LogP contribution is -2.52. The lowest BCUT2D eigenvalue weighted by molar-refractivity contribution is -0.133. The minimum absolute atomic E-state index is 0.00526. The highest BCUT2D eigenvalue weighted by molar-refractivity contribution is 5.82. The van der Waals surface area contributed by atoms with E-state index in [2.05, 4.69) is 4.90 Å². The van der Waals surface area contributed by atoms with Crippen LogP contribution in [0.4, 0.5) is 4.79 Å². The van der Waals surface area contributed by atoms with Crippen molar-refractivity contribution < 1.29 is 14.3 Å². The van der Waals surface area contributed by atoms with Crippen LogP contribution >= 0.6 is 0 Å². The second-order valence-electron chi connectivity index (χ2n) is 8.52. The number of ether oxygens (including phenoxy) is 1. The molecule has 0 spiro atoms. The molecule has 1 saturated heterocycles. The lowest BCUT2D eigenvalue weighted by atomic mass is 9.89. The molecule has 0 atom stereocenters. The van der Waals surface area contributed by atoms with Crippen molar-refractivity contribution in [2.75, 3.05) is 46.3 Å². The van der Waals surface area contributed by atoms with Crippen molar-refractivity contribution in [2.24, 2.45) is 5.92 Å². The van der Waals surface area contributed by atoms with Crippen LogP contribution in [0.3, 0.4) is 0 Å². The highest BCUT2D eigenvalue weighted by atomic mass is 16.6. The normalized spacial score (nSPS) is 20.4. The zero-order valence-corrected chi connectivity index (χ0v) is 16.4. The second kappa shape index (κ2) is 8.88. The zero-order chi connectivity index (χ0) is 18.4. The van der Waals surface area contributed by atoms with Gasteiger partial charge < -0.3 is 14.5 Å². The average Bonchev–Trinajstić information content (AvgIpc) is 2.54. The first-order chi connectivity index (χ1) is 11.7. The Morgan fingerprint density at radius 3 is 2.20 bits per heavy atom. The Balaban J connectivity index is 1.70. The van der Waals surface area contributed by atoms with Gasteiger partial charge >= 0.3 is 6.09 Å². The molecule has 25 heavy (non-hydrogen) atoms. The van der Waals surface area contributed by atoms with Crippen LogP contribution in [0.2, 0.25) is 0 Å². The van der Waals surface area contributed by atoms with E-state index in [1.165, 1.54) is 43.5 Å². The molecule has 2 fully saturated rings. The summed E-state index contributed by atoms with van der Waals surface area (Å²) in [4.78, 5) is 30.1. The molecule has 2 rings (SSSR count). The van der Waals surface area contributed by atoms with Gasteiger partial charge in [-0.25, -0.2) is 4.79 Å². The number of hydrogen-bond donors (Lipinski definition) is 0. The van der Waals surface area contributed by atoms with Gasteiger partial charge in [0.05, 0.1) is 0 Å². The van der Waals surface area contributed by atoms with Crippen molar-refractivity contribution >= 4 is 12.0 Å². The Kier molecular flexibility index (Phi) is 7.11. The van der Waals surface area contributed by atoms with E-state index >= 15 is 0 Å². The summed E-state index contributed by atoms with van der Waals surface area (Å²) in [5, 5.41) is 0. The molecule has 144 valence electrons. The van der Waals surface area contributed by atoms with E-state index in [0.29, 0.717) is 0 Å². The molecule has 0 N–H and O–H groups in total. The molecule has 0 aromatic rings. The van der Waals surface area contributed by atoms with Gasteiger partial charge in [0.15, 0.2) is 0 Å². The number of rotatable bonds is 4. The standard InChI is InChI=1S/C19H35N3O3/c1-19(2,3)25-18(24)20(4)15-17(23)22-12-10-21(11-13-22)14-16-8-6-5-7-9-16/h16H,5-15H2,1-4H3. The molecule has 0 aromatic carbocycles. The Morgan fingerprint density at radius 2 is 1.64 bits per heavy atom. The third kappa shape index (κ3) is 6.84. The fraction of sp³-hybridized carbons (Fsp3) is 0.895. The zero-order valence-electron chi connectivity index (χ0n) is 16.4. The molecule has 2 aliphatic rings. The van der Waals surface area contributed by atoms with E-state index in [1.807, 2.05) is 25.7 Å². The molecule has 0 unspecified atom stereocenters. The molecular formula is C19H35N3O3. The fourth-order valence-corrected chi connectivity index (χ4v) is 3.62. The van der Waals surface area contributed by atoms with Crippen LogP contribution < -0.4 is 0 Å². The van der Waals surface area contributed by atoms with E-state index in [1.54, 1.807) is 7.05 Å². The van der Waals surface area contributed by atoms with Crippen LogP contribution in [0.5, 0.6) is 0 Å². The molecule has 6 heteroatoms. The van der Waals surface area contributed by atoms with Crippen molar-refractivity contribution in [3.8, 4) is 0 Å². The van der Waals surface area contributed by atoms with Crippen molar-refractivity contribution in [1.29, 1.82) is 0 Å². The van der Waals surface area contributed by atoms with Crippen molar-refractivity contribution in [3.63, 3.8) is 0 Å². The van der Waals surface area contributed by atoms with Crippen molar-refractivity contribution in [3.05, 3.63) is 0 Å². The van der Waals surface area contributed by atoms with Gasteiger partial charge in [0.1, 0.15) is 12.1 Å². The van der Waals surface area contributed by atoms with Gasteiger partial charge in [-0.15, -0.1) is 0 Å². The molecule has 0 aromatic heterocycles. The first-order valence-corrected chi connectivity index (χ1v) is 9.69.